The van der Waals surface area contributed by atoms with Crippen molar-refractivity contribution in [2.45, 2.75) is 39.4 Å². The van der Waals surface area contributed by atoms with E-state index < -0.39 is 0 Å². The highest BCUT2D eigenvalue weighted by Crippen LogP contribution is 2.17. The maximum absolute atomic E-state index is 8.73. The van der Waals surface area contributed by atoms with Crippen molar-refractivity contribution in [1.29, 1.82) is 5.26 Å². The van der Waals surface area contributed by atoms with E-state index in [1.165, 1.54) is 0 Å². The van der Waals surface area contributed by atoms with Gasteiger partial charge in [-0.25, -0.2) is 4.90 Å². The number of nitriles is 1. The van der Waals surface area contributed by atoms with E-state index in [1.54, 1.807) is 11.2 Å². The molecule has 0 spiro atoms. The molecule has 1 heterocycles. The average Bonchev–Trinajstić information content (AvgIpc) is 2.46. The van der Waals surface area contributed by atoms with Gasteiger partial charge in [-0.3, -0.25) is 5.01 Å². The van der Waals surface area contributed by atoms with Crippen LogP contribution >= 0.6 is 0 Å². The lowest BCUT2D eigenvalue weighted by Gasteiger charge is -2.28. The summed E-state index contributed by atoms with van der Waals surface area (Å²) in [6.07, 6.45) is 4.71. The van der Waals surface area contributed by atoms with Crippen molar-refractivity contribution in [3.63, 3.8) is 0 Å². The third kappa shape index (κ3) is 1.35. The van der Waals surface area contributed by atoms with Gasteiger partial charge in [-0.2, -0.15) is 10.4 Å². The van der Waals surface area contributed by atoms with E-state index in [2.05, 4.69) is 32.1 Å². The SMILES string of the molecule is CCC1N(C#N)C=NN1C(C)C. The smallest absolute Gasteiger partial charge is 0.187 e. The van der Waals surface area contributed by atoms with Crippen molar-refractivity contribution in [2.75, 3.05) is 0 Å². The normalized spacial score (nSPS) is 22.1. The maximum atomic E-state index is 8.73. The summed E-state index contributed by atoms with van der Waals surface area (Å²) in [6, 6.07) is 0.351. The van der Waals surface area contributed by atoms with Crippen molar-refractivity contribution < 1.29 is 0 Å². The summed E-state index contributed by atoms with van der Waals surface area (Å²) in [6.45, 7) is 6.20. The summed E-state index contributed by atoms with van der Waals surface area (Å²) in [7, 11) is 0. The zero-order valence-corrected chi connectivity index (χ0v) is 7.73. The van der Waals surface area contributed by atoms with Crippen LogP contribution in [0, 0.1) is 11.5 Å². The van der Waals surface area contributed by atoms with Gasteiger partial charge in [-0.15, -0.1) is 0 Å². The minimum Gasteiger partial charge on any atom is -0.270 e. The molecule has 0 saturated heterocycles. The molecule has 4 heteroatoms. The monoisotopic (exact) mass is 166 g/mol. The molecule has 1 atom stereocenters. The molecule has 0 fully saturated rings. The van der Waals surface area contributed by atoms with E-state index in [0.717, 1.165) is 6.42 Å². The molecule has 0 aromatic carbocycles. The van der Waals surface area contributed by atoms with Crippen LogP contribution in [0.4, 0.5) is 0 Å². The van der Waals surface area contributed by atoms with Crippen molar-refractivity contribution in [2.24, 2.45) is 5.10 Å². The molecular formula is C8H14N4. The lowest BCUT2D eigenvalue weighted by molar-refractivity contribution is 0.121. The van der Waals surface area contributed by atoms with Gasteiger partial charge in [0.25, 0.3) is 0 Å². The largest absolute Gasteiger partial charge is 0.270 e. The average molecular weight is 166 g/mol. The number of nitrogens with zero attached hydrogens (tertiary/aromatic N) is 4. The molecule has 0 bridgehead atoms. The molecule has 0 N–H and O–H groups in total. The summed E-state index contributed by atoms with van der Waals surface area (Å²) < 4.78 is 0. The standard InChI is InChI=1S/C8H14N4/c1-4-8-11(5-9)6-10-12(8)7(2)3/h6-8H,4H2,1-3H3. The Labute approximate surface area is 73.1 Å². The van der Waals surface area contributed by atoms with Gasteiger partial charge in [0.1, 0.15) is 12.5 Å². The zero-order chi connectivity index (χ0) is 9.14. The first-order chi connectivity index (χ1) is 5.70. The van der Waals surface area contributed by atoms with Crippen molar-refractivity contribution in [3.8, 4) is 6.19 Å². The Hall–Kier alpha value is -1.24. The number of hydrazone groups is 1. The fourth-order valence-electron chi connectivity index (χ4n) is 1.35. The summed E-state index contributed by atoms with van der Waals surface area (Å²) >= 11 is 0. The van der Waals surface area contributed by atoms with Crippen LogP contribution in [-0.4, -0.2) is 28.5 Å². The van der Waals surface area contributed by atoms with Gasteiger partial charge in [0.2, 0.25) is 0 Å². The summed E-state index contributed by atoms with van der Waals surface area (Å²) in [4.78, 5) is 1.58. The molecule has 0 aromatic heterocycles. The third-order valence-electron chi connectivity index (χ3n) is 1.95. The van der Waals surface area contributed by atoms with Gasteiger partial charge in [0, 0.05) is 6.04 Å². The van der Waals surface area contributed by atoms with E-state index in [-0.39, 0.29) is 6.17 Å². The highest BCUT2D eigenvalue weighted by atomic mass is 15.6. The molecule has 0 radical (unpaired) electrons. The summed E-state index contributed by atoms with van der Waals surface area (Å²) in [5.41, 5.74) is 0. The lowest BCUT2D eigenvalue weighted by atomic mass is 10.3. The van der Waals surface area contributed by atoms with Crippen molar-refractivity contribution in [1.82, 2.24) is 9.91 Å². The van der Waals surface area contributed by atoms with Crippen LogP contribution in [0.25, 0.3) is 0 Å². The van der Waals surface area contributed by atoms with E-state index in [9.17, 15) is 0 Å². The molecule has 0 saturated carbocycles. The van der Waals surface area contributed by atoms with Crippen LogP contribution in [0.2, 0.25) is 0 Å². The van der Waals surface area contributed by atoms with E-state index in [0.29, 0.717) is 6.04 Å². The minimum atomic E-state index is 0.120. The highest BCUT2D eigenvalue weighted by Gasteiger charge is 2.27. The van der Waals surface area contributed by atoms with Crippen LogP contribution in [0.1, 0.15) is 27.2 Å². The van der Waals surface area contributed by atoms with E-state index in [4.69, 9.17) is 5.26 Å². The third-order valence-corrected chi connectivity index (χ3v) is 1.95. The molecule has 66 valence electrons. The molecule has 12 heavy (non-hydrogen) atoms. The minimum absolute atomic E-state index is 0.120. The fraction of sp³-hybridized carbons (Fsp3) is 0.750. The molecule has 0 aromatic rings. The molecule has 1 aliphatic rings. The van der Waals surface area contributed by atoms with E-state index >= 15 is 0 Å². The maximum Gasteiger partial charge on any atom is 0.187 e. The van der Waals surface area contributed by atoms with Crippen molar-refractivity contribution in [3.05, 3.63) is 0 Å². The molecule has 0 amide bonds. The van der Waals surface area contributed by atoms with Crippen molar-refractivity contribution >= 4 is 6.34 Å². The number of hydrogen-bond donors (Lipinski definition) is 0. The Kier molecular flexibility index (Phi) is 2.54. The van der Waals surface area contributed by atoms with Crippen LogP contribution in [0.3, 0.4) is 0 Å². The predicted molar refractivity (Wildman–Crippen MR) is 47.0 cm³/mol. The molecule has 0 aliphatic carbocycles. The Bertz CT molecular complexity index is 216. The quantitative estimate of drug-likeness (QED) is 0.578. The predicted octanol–water partition coefficient (Wildman–Crippen LogP) is 1.17. The number of hydrogen-bond acceptors (Lipinski definition) is 4. The van der Waals surface area contributed by atoms with Gasteiger partial charge in [-0.05, 0) is 20.3 Å². The van der Waals surface area contributed by atoms with Gasteiger partial charge in [0.15, 0.2) is 6.19 Å². The van der Waals surface area contributed by atoms with Gasteiger partial charge in [-0.1, -0.05) is 6.92 Å². The fourth-order valence-corrected chi connectivity index (χ4v) is 1.35. The van der Waals surface area contributed by atoms with E-state index in [1.807, 2.05) is 5.01 Å². The second-order valence-corrected chi connectivity index (χ2v) is 3.10. The first-order valence-electron chi connectivity index (χ1n) is 4.21. The summed E-state index contributed by atoms with van der Waals surface area (Å²) in [5.74, 6) is 0. The summed E-state index contributed by atoms with van der Waals surface area (Å²) in [5, 5.41) is 14.8. The van der Waals surface area contributed by atoms with Gasteiger partial charge < -0.3 is 0 Å². The molecule has 1 rings (SSSR count). The number of rotatable bonds is 2. The first-order valence-corrected chi connectivity index (χ1v) is 4.21. The van der Waals surface area contributed by atoms with Gasteiger partial charge in [0.05, 0.1) is 0 Å². The Balaban J connectivity index is 2.70. The van der Waals surface area contributed by atoms with Crippen LogP contribution in [-0.2, 0) is 0 Å². The molecule has 1 unspecified atom stereocenters. The molecule has 4 nitrogen and oxygen atoms in total. The molecule has 1 aliphatic heterocycles. The second kappa shape index (κ2) is 3.44. The van der Waals surface area contributed by atoms with Crippen LogP contribution in [0.5, 0.6) is 0 Å². The van der Waals surface area contributed by atoms with Crippen LogP contribution < -0.4 is 0 Å². The van der Waals surface area contributed by atoms with Crippen LogP contribution in [0.15, 0.2) is 5.10 Å². The Morgan fingerprint density at radius 3 is 2.75 bits per heavy atom. The molecular weight excluding hydrogens is 152 g/mol. The second-order valence-electron chi connectivity index (χ2n) is 3.10. The Morgan fingerprint density at radius 1 is 1.67 bits per heavy atom. The lowest BCUT2D eigenvalue weighted by Crippen LogP contribution is -2.39. The highest BCUT2D eigenvalue weighted by molar-refractivity contribution is 5.59. The topological polar surface area (TPSA) is 42.6 Å². The zero-order valence-electron chi connectivity index (χ0n) is 7.73. The first kappa shape index (κ1) is 8.85. The Morgan fingerprint density at radius 2 is 2.33 bits per heavy atom. The van der Waals surface area contributed by atoms with Gasteiger partial charge >= 0.3 is 0 Å².